The Morgan fingerprint density at radius 1 is 1.00 bits per heavy atom. The van der Waals surface area contributed by atoms with E-state index in [0.717, 1.165) is 30.2 Å². The molecule has 2 aromatic rings. The molecule has 0 radical (unpaired) electrons. The molecule has 3 nitrogen and oxygen atoms in total. The van der Waals surface area contributed by atoms with Gasteiger partial charge in [0.05, 0.1) is 0 Å². The minimum Gasteiger partial charge on any atom is -0.208 e. The summed E-state index contributed by atoms with van der Waals surface area (Å²) in [6.07, 6.45) is 3.80. The number of sulfonamides is 1. The van der Waals surface area contributed by atoms with Crippen LogP contribution in [0, 0.1) is 5.92 Å². The Bertz CT molecular complexity index is 833. The Hall–Kier alpha value is -0.210. The van der Waals surface area contributed by atoms with Crippen LogP contribution in [0.5, 0.6) is 0 Å². The maximum Gasteiger partial charge on any atom is 0.243 e. The van der Waals surface area contributed by atoms with Crippen molar-refractivity contribution in [2.24, 2.45) is 5.92 Å². The average Bonchev–Trinajstić information content (AvgIpc) is 2.93. The van der Waals surface area contributed by atoms with Gasteiger partial charge in [-0.05, 0) is 81.2 Å². The Morgan fingerprint density at radius 3 is 2.28 bits per heavy atom. The van der Waals surface area contributed by atoms with E-state index in [1.54, 1.807) is 12.1 Å². The molecule has 0 saturated heterocycles. The van der Waals surface area contributed by atoms with Crippen LogP contribution >= 0.6 is 47.8 Å². The third-order valence-electron chi connectivity index (χ3n) is 4.46. The van der Waals surface area contributed by atoms with E-state index in [1.807, 2.05) is 18.2 Å². The van der Waals surface area contributed by atoms with E-state index in [2.05, 4.69) is 64.6 Å². The molecule has 1 N–H and O–H groups in total. The molecule has 0 spiro atoms. The fourth-order valence-electron chi connectivity index (χ4n) is 3.38. The first-order chi connectivity index (χ1) is 11.8. The van der Waals surface area contributed by atoms with Crippen molar-refractivity contribution in [2.45, 2.75) is 36.6 Å². The van der Waals surface area contributed by atoms with Crippen LogP contribution in [0.2, 0.25) is 0 Å². The molecule has 0 aliphatic heterocycles. The summed E-state index contributed by atoms with van der Waals surface area (Å²) in [6, 6.07) is 13.9. The molecule has 2 unspecified atom stereocenters. The predicted octanol–water partition coefficient (Wildman–Crippen LogP) is 5.66. The lowest BCUT2D eigenvalue weighted by Gasteiger charge is -2.16. The maximum atomic E-state index is 12.8. The molecule has 2 aromatic carbocycles. The Balaban J connectivity index is 1.69. The molecular formula is C18H18Br3NO2S. The van der Waals surface area contributed by atoms with E-state index in [9.17, 15) is 8.42 Å². The minimum atomic E-state index is -3.58. The molecule has 134 valence electrons. The summed E-state index contributed by atoms with van der Waals surface area (Å²) in [5.74, 6) is 0.520. The molecule has 1 aliphatic rings. The SMILES string of the molecule is O=S(=O)(NC1CCC(Cc2ccccc2)C1)c1c(Br)cc(Br)cc1Br. The maximum absolute atomic E-state index is 12.8. The molecule has 2 atom stereocenters. The number of nitrogens with one attached hydrogen (secondary N) is 1. The molecule has 1 aliphatic carbocycles. The van der Waals surface area contributed by atoms with Gasteiger partial charge in [-0.25, -0.2) is 13.1 Å². The van der Waals surface area contributed by atoms with Crippen LogP contribution < -0.4 is 4.72 Å². The standard InChI is InChI=1S/C18H18Br3NO2S/c19-14-10-16(20)18(17(21)11-14)25(23,24)22-15-7-6-13(9-15)8-12-4-2-1-3-5-12/h1-5,10-11,13,15,22H,6-9H2. The van der Waals surface area contributed by atoms with Gasteiger partial charge in [0.25, 0.3) is 0 Å². The molecule has 0 heterocycles. The van der Waals surface area contributed by atoms with E-state index in [4.69, 9.17) is 0 Å². The van der Waals surface area contributed by atoms with E-state index in [-0.39, 0.29) is 10.9 Å². The summed E-state index contributed by atoms with van der Waals surface area (Å²) < 4.78 is 30.4. The van der Waals surface area contributed by atoms with E-state index in [0.29, 0.717) is 14.9 Å². The lowest BCUT2D eigenvalue weighted by Crippen LogP contribution is -2.33. The van der Waals surface area contributed by atoms with E-state index >= 15 is 0 Å². The third kappa shape index (κ3) is 4.95. The Labute approximate surface area is 174 Å². The third-order valence-corrected chi connectivity index (χ3v) is 8.32. The zero-order valence-electron chi connectivity index (χ0n) is 13.4. The van der Waals surface area contributed by atoms with Gasteiger partial charge < -0.3 is 0 Å². The fourth-order valence-corrected chi connectivity index (χ4v) is 8.32. The highest BCUT2D eigenvalue weighted by Gasteiger charge is 2.30. The predicted molar refractivity (Wildman–Crippen MR) is 111 cm³/mol. The van der Waals surface area contributed by atoms with Gasteiger partial charge in [-0.2, -0.15) is 0 Å². The van der Waals surface area contributed by atoms with E-state index < -0.39 is 10.0 Å². The largest absolute Gasteiger partial charge is 0.243 e. The number of halogens is 3. The second-order valence-corrected chi connectivity index (χ2v) is 10.7. The summed E-state index contributed by atoms with van der Waals surface area (Å²) >= 11 is 10.1. The van der Waals surface area contributed by atoms with Crippen LogP contribution in [0.4, 0.5) is 0 Å². The molecule has 1 saturated carbocycles. The van der Waals surface area contributed by atoms with Crippen LogP contribution in [0.15, 0.2) is 60.8 Å². The van der Waals surface area contributed by atoms with Gasteiger partial charge >= 0.3 is 0 Å². The molecule has 3 rings (SSSR count). The second-order valence-electron chi connectivity index (χ2n) is 6.39. The highest BCUT2D eigenvalue weighted by atomic mass is 79.9. The lowest BCUT2D eigenvalue weighted by atomic mass is 9.98. The van der Waals surface area contributed by atoms with Gasteiger partial charge in [0.1, 0.15) is 4.90 Å². The van der Waals surface area contributed by atoms with Crippen LogP contribution in [-0.4, -0.2) is 14.5 Å². The highest BCUT2D eigenvalue weighted by Crippen LogP contribution is 2.35. The fraction of sp³-hybridized carbons (Fsp3) is 0.333. The summed E-state index contributed by atoms with van der Waals surface area (Å²) in [5, 5.41) is 0. The first kappa shape index (κ1) is 19.5. The first-order valence-electron chi connectivity index (χ1n) is 8.06. The van der Waals surface area contributed by atoms with Crippen molar-refractivity contribution in [1.82, 2.24) is 4.72 Å². The number of hydrogen-bond donors (Lipinski definition) is 1. The Morgan fingerprint density at radius 2 is 1.64 bits per heavy atom. The molecule has 1 fully saturated rings. The Kier molecular flexibility index (Phi) is 6.42. The van der Waals surface area contributed by atoms with Crippen LogP contribution in [-0.2, 0) is 16.4 Å². The molecular weight excluding hydrogens is 534 g/mol. The van der Waals surface area contributed by atoms with Crippen molar-refractivity contribution in [3.8, 4) is 0 Å². The van der Waals surface area contributed by atoms with Crippen molar-refractivity contribution in [2.75, 3.05) is 0 Å². The summed E-state index contributed by atoms with van der Waals surface area (Å²) in [5.41, 5.74) is 1.31. The molecule has 7 heteroatoms. The second kappa shape index (κ2) is 8.21. The number of hydrogen-bond acceptors (Lipinski definition) is 2. The van der Waals surface area contributed by atoms with Crippen LogP contribution in [0.3, 0.4) is 0 Å². The van der Waals surface area contributed by atoms with Gasteiger partial charge in [0, 0.05) is 19.5 Å². The quantitative estimate of drug-likeness (QED) is 0.521. The van der Waals surface area contributed by atoms with Gasteiger partial charge in [0.2, 0.25) is 10.0 Å². The van der Waals surface area contributed by atoms with Crippen molar-refractivity contribution < 1.29 is 8.42 Å². The molecule has 0 amide bonds. The lowest BCUT2D eigenvalue weighted by molar-refractivity contribution is 0.514. The van der Waals surface area contributed by atoms with Gasteiger partial charge in [-0.1, -0.05) is 46.3 Å². The zero-order chi connectivity index (χ0) is 18.0. The normalized spacial score (nSPS) is 20.8. The van der Waals surface area contributed by atoms with Crippen molar-refractivity contribution >= 4 is 57.8 Å². The van der Waals surface area contributed by atoms with Crippen LogP contribution in [0.1, 0.15) is 24.8 Å². The van der Waals surface area contributed by atoms with Crippen molar-refractivity contribution in [1.29, 1.82) is 0 Å². The van der Waals surface area contributed by atoms with Crippen LogP contribution in [0.25, 0.3) is 0 Å². The first-order valence-corrected chi connectivity index (χ1v) is 11.9. The van der Waals surface area contributed by atoms with Gasteiger partial charge in [0.15, 0.2) is 0 Å². The monoisotopic (exact) mass is 549 g/mol. The van der Waals surface area contributed by atoms with E-state index in [1.165, 1.54) is 5.56 Å². The molecule has 0 bridgehead atoms. The number of benzene rings is 2. The average molecular weight is 552 g/mol. The van der Waals surface area contributed by atoms with Crippen molar-refractivity contribution in [3.05, 3.63) is 61.4 Å². The highest BCUT2D eigenvalue weighted by molar-refractivity contribution is 9.11. The zero-order valence-corrected chi connectivity index (χ0v) is 19.0. The smallest absolute Gasteiger partial charge is 0.208 e. The summed E-state index contributed by atoms with van der Waals surface area (Å²) in [7, 11) is -3.58. The van der Waals surface area contributed by atoms with Crippen molar-refractivity contribution in [3.63, 3.8) is 0 Å². The van der Waals surface area contributed by atoms with Gasteiger partial charge in [-0.15, -0.1) is 0 Å². The minimum absolute atomic E-state index is 0.0128. The molecule has 0 aromatic heterocycles. The number of rotatable bonds is 5. The molecule has 25 heavy (non-hydrogen) atoms. The summed E-state index contributed by atoms with van der Waals surface area (Å²) in [4.78, 5) is 0.252. The topological polar surface area (TPSA) is 46.2 Å². The van der Waals surface area contributed by atoms with Gasteiger partial charge in [-0.3, -0.25) is 0 Å². The summed E-state index contributed by atoms with van der Waals surface area (Å²) in [6.45, 7) is 0.